The van der Waals surface area contributed by atoms with E-state index in [1.807, 2.05) is 6.92 Å². The molecule has 1 N–H and O–H groups in total. The van der Waals surface area contributed by atoms with Gasteiger partial charge in [0.15, 0.2) is 0 Å². The van der Waals surface area contributed by atoms with E-state index in [1.165, 1.54) is 0 Å². The number of esters is 2. The Labute approximate surface area is 147 Å². The molecule has 3 rings (SSSR count). The molecule has 0 radical (unpaired) electrons. The Morgan fingerprint density at radius 1 is 1.48 bits per heavy atom. The van der Waals surface area contributed by atoms with E-state index < -0.39 is 35.8 Å². The summed E-state index contributed by atoms with van der Waals surface area (Å²) < 4.78 is 17.0. The molecule has 2 aliphatic heterocycles. The molecule has 2 fully saturated rings. The molecule has 0 amide bonds. The van der Waals surface area contributed by atoms with Crippen LogP contribution in [0.5, 0.6) is 0 Å². The molecule has 6 unspecified atom stereocenters. The average molecular weight is 350 g/mol. The first-order valence-electron chi connectivity index (χ1n) is 8.77. The highest BCUT2D eigenvalue weighted by molar-refractivity contribution is 5.91. The van der Waals surface area contributed by atoms with Crippen LogP contribution in [0.4, 0.5) is 0 Å². The van der Waals surface area contributed by atoms with Gasteiger partial charge in [-0.2, -0.15) is 0 Å². The van der Waals surface area contributed by atoms with Crippen molar-refractivity contribution in [2.24, 2.45) is 11.8 Å². The van der Waals surface area contributed by atoms with Crippen molar-refractivity contribution >= 4 is 11.9 Å². The Balaban J connectivity index is 1.97. The van der Waals surface area contributed by atoms with Crippen molar-refractivity contribution in [2.45, 2.75) is 70.6 Å². The summed E-state index contributed by atoms with van der Waals surface area (Å²) in [5.74, 6) is -1.56. The lowest BCUT2D eigenvalue weighted by atomic mass is 9.82. The summed E-state index contributed by atoms with van der Waals surface area (Å²) >= 11 is 0. The van der Waals surface area contributed by atoms with Gasteiger partial charge in [-0.25, -0.2) is 4.79 Å². The Morgan fingerprint density at radius 2 is 2.16 bits per heavy atom. The zero-order valence-corrected chi connectivity index (χ0v) is 15.2. The van der Waals surface area contributed by atoms with E-state index in [2.05, 4.69) is 6.58 Å². The number of epoxide rings is 1. The zero-order chi connectivity index (χ0) is 18.5. The van der Waals surface area contributed by atoms with Crippen molar-refractivity contribution in [3.05, 3.63) is 23.8 Å². The maximum atomic E-state index is 12.2. The predicted octanol–water partition coefficient (Wildman–Crippen LogP) is 1.91. The number of aliphatic hydroxyl groups excluding tert-OH is 1. The van der Waals surface area contributed by atoms with Gasteiger partial charge >= 0.3 is 11.9 Å². The quantitative estimate of drug-likeness (QED) is 0.354. The van der Waals surface area contributed by atoms with Crippen molar-refractivity contribution < 1.29 is 28.9 Å². The van der Waals surface area contributed by atoms with Gasteiger partial charge in [-0.15, -0.1) is 0 Å². The molecule has 6 heteroatoms. The third-order valence-electron chi connectivity index (χ3n) is 5.43. The maximum Gasteiger partial charge on any atom is 0.334 e. The summed E-state index contributed by atoms with van der Waals surface area (Å²) in [4.78, 5) is 24.3. The van der Waals surface area contributed by atoms with Crippen LogP contribution in [0, 0.1) is 11.8 Å². The van der Waals surface area contributed by atoms with Crippen LogP contribution < -0.4 is 0 Å². The molecular formula is C19H26O6. The molecule has 0 spiro atoms. The van der Waals surface area contributed by atoms with Crippen molar-refractivity contribution in [2.75, 3.05) is 0 Å². The van der Waals surface area contributed by atoms with Gasteiger partial charge < -0.3 is 19.3 Å². The normalized spacial score (nSPS) is 40.7. The molecule has 1 aliphatic carbocycles. The summed E-state index contributed by atoms with van der Waals surface area (Å²) in [5.41, 5.74) is 0.523. The van der Waals surface area contributed by atoms with Crippen LogP contribution in [0.1, 0.15) is 40.5 Å². The number of hydrogen-bond acceptors (Lipinski definition) is 6. The van der Waals surface area contributed by atoms with E-state index in [0.717, 1.165) is 0 Å². The molecule has 0 aromatic carbocycles. The first-order chi connectivity index (χ1) is 11.6. The number of ether oxygens (including phenoxy) is 3. The van der Waals surface area contributed by atoms with Crippen molar-refractivity contribution in [1.82, 2.24) is 0 Å². The highest BCUT2D eigenvalue weighted by Gasteiger charge is 2.57. The van der Waals surface area contributed by atoms with E-state index >= 15 is 0 Å². The third kappa shape index (κ3) is 3.37. The maximum absolute atomic E-state index is 12.2. The van der Waals surface area contributed by atoms with Crippen LogP contribution >= 0.6 is 0 Å². The first-order valence-corrected chi connectivity index (χ1v) is 8.77. The molecule has 0 bridgehead atoms. The van der Waals surface area contributed by atoms with Gasteiger partial charge in [0.1, 0.15) is 12.2 Å². The molecular weight excluding hydrogens is 324 g/mol. The van der Waals surface area contributed by atoms with Gasteiger partial charge in [-0.3, -0.25) is 4.79 Å². The monoisotopic (exact) mass is 350 g/mol. The molecule has 0 aromatic rings. The molecule has 2 saturated heterocycles. The number of fused-ring (bicyclic) bond motifs is 2. The van der Waals surface area contributed by atoms with E-state index in [1.54, 1.807) is 26.8 Å². The van der Waals surface area contributed by atoms with Crippen LogP contribution in [0.15, 0.2) is 23.8 Å². The molecule has 6 nitrogen and oxygen atoms in total. The summed E-state index contributed by atoms with van der Waals surface area (Å²) in [6, 6.07) is 0. The van der Waals surface area contributed by atoms with Gasteiger partial charge in [0, 0.05) is 18.4 Å². The fraction of sp³-hybridized carbons (Fsp3) is 0.684. The molecule has 2 heterocycles. The van der Waals surface area contributed by atoms with Crippen molar-refractivity contribution in [1.29, 1.82) is 0 Å². The minimum absolute atomic E-state index is 0.103. The lowest BCUT2D eigenvalue weighted by Crippen LogP contribution is -2.38. The van der Waals surface area contributed by atoms with Gasteiger partial charge in [-0.05, 0) is 25.5 Å². The third-order valence-corrected chi connectivity index (χ3v) is 5.43. The van der Waals surface area contributed by atoms with Crippen molar-refractivity contribution in [3.63, 3.8) is 0 Å². The Morgan fingerprint density at radius 3 is 2.80 bits per heavy atom. The van der Waals surface area contributed by atoms with Gasteiger partial charge in [0.25, 0.3) is 0 Å². The van der Waals surface area contributed by atoms with Crippen LogP contribution in [0.3, 0.4) is 0 Å². The van der Waals surface area contributed by atoms with Gasteiger partial charge in [-0.1, -0.05) is 20.4 Å². The Hall–Kier alpha value is -1.66. The van der Waals surface area contributed by atoms with E-state index in [4.69, 9.17) is 14.2 Å². The second-order valence-corrected chi connectivity index (χ2v) is 7.84. The Bertz CT molecular complexity index is 636. The summed E-state index contributed by atoms with van der Waals surface area (Å²) in [7, 11) is 0. The molecule has 0 saturated carbocycles. The number of carbonyl (C=O) groups excluding carboxylic acids is 2. The largest absolute Gasteiger partial charge is 0.461 e. The second kappa shape index (κ2) is 6.25. The van der Waals surface area contributed by atoms with E-state index in [9.17, 15) is 14.7 Å². The van der Waals surface area contributed by atoms with E-state index in [-0.39, 0.29) is 18.0 Å². The lowest BCUT2D eigenvalue weighted by molar-refractivity contribution is -0.157. The van der Waals surface area contributed by atoms with Crippen LogP contribution in [0.2, 0.25) is 0 Å². The Kier molecular flexibility index (Phi) is 4.54. The van der Waals surface area contributed by atoms with Crippen LogP contribution in [-0.2, 0) is 23.8 Å². The second-order valence-electron chi connectivity index (χ2n) is 7.84. The van der Waals surface area contributed by atoms with Gasteiger partial charge in [0.2, 0.25) is 0 Å². The SMILES string of the molecule is C=C1C(=O)OC2C=C(C)C(O)CC3OC3(C)CC(OC(=O)C(C)C)C12. The smallest absolute Gasteiger partial charge is 0.334 e. The topological polar surface area (TPSA) is 85.4 Å². The fourth-order valence-corrected chi connectivity index (χ4v) is 3.63. The molecule has 138 valence electrons. The minimum Gasteiger partial charge on any atom is -0.461 e. The molecule has 25 heavy (non-hydrogen) atoms. The summed E-state index contributed by atoms with van der Waals surface area (Å²) in [6.45, 7) is 11.1. The number of hydrogen-bond donors (Lipinski definition) is 1. The van der Waals surface area contributed by atoms with Crippen LogP contribution in [0.25, 0.3) is 0 Å². The highest BCUT2D eigenvalue weighted by atomic mass is 16.6. The lowest BCUT2D eigenvalue weighted by Gasteiger charge is -2.29. The number of carbonyl (C=O) groups is 2. The minimum atomic E-state index is -0.658. The highest BCUT2D eigenvalue weighted by Crippen LogP contribution is 2.47. The average Bonchev–Trinajstić information content (AvgIpc) is 3.04. The molecule has 6 atom stereocenters. The predicted molar refractivity (Wildman–Crippen MR) is 89.5 cm³/mol. The summed E-state index contributed by atoms with van der Waals surface area (Å²) in [5, 5.41) is 10.4. The first kappa shape index (κ1) is 18.1. The number of aliphatic hydroxyl groups is 1. The summed E-state index contributed by atoms with van der Waals surface area (Å²) in [6.07, 6.45) is 0.727. The van der Waals surface area contributed by atoms with Crippen LogP contribution in [-0.4, -0.2) is 47.1 Å². The fourth-order valence-electron chi connectivity index (χ4n) is 3.63. The standard InChI is InChI=1S/C19H26O6/c1-9(2)17(21)24-14-8-19(5)15(25-19)7-12(20)10(3)6-13-16(14)11(4)18(22)23-13/h6,9,12-16,20H,4,7-8H2,1-3,5H3. The van der Waals surface area contributed by atoms with Gasteiger partial charge in [0.05, 0.1) is 29.6 Å². The zero-order valence-electron chi connectivity index (χ0n) is 15.2. The van der Waals surface area contributed by atoms with Crippen molar-refractivity contribution in [3.8, 4) is 0 Å². The number of rotatable bonds is 2. The molecule has 3 aliphatic rings. The van der Waals surface area contributed by atoms with E-state index in [0.29, 0.717) is 24.0 Å². The molecule has 0 aromatic heterocycles.